The van der Waals surface area contributed by atoms with Gasteiger partial charge >= 0.3 is 0 Å². The van der Waals surface area contributed by atoms with Gasteiger partial charge in [-0.3, -0.25) is 9.88 Å². The number of nitrogens with one attached hydrogen (secondary N) is 1. The maximum absolute atomic E-state index is 4.51. The Morgan fingerprint density at radius 1 is 1.31 bits per heavy atom. The zero-order valence-electron chi connectivity index (χ0n) is 9.65. The first kappa shape index (κ1) is 10.2. The van der Waals surface area contributed by atoms with Gasteiger partial charge in [-0.15, -0.1) is 0 Å². The van der Waals surface area contributed by atoms with Crippen LogP contribution in [0.3, 0.4) is 0 Å². The number of rotatable bonds is 1. The van der Waals surface area contributed by atoms with E-state index in [-0.39, 0.29) is 0 Å². The average Bonchev–Trinajstić information content (AvgIpc) is 2.39. The highest BCUT2D eigenvalue weighted by atomic mass is 15.2. The van der Waals surface area contributed by atoms with E-state index in [1.165, 1.54) is 50.2 Å². The van der Waals surface area contributed by atoms with Crippen LogP contribution >= 0.6 is 0 Å². The van der Waals surface area contributed by atoms with E-state index in [4.69, 9.17) is 0 Å². The van der Waals surface area contributed by atoms with E-state index in [9.17, 15) is 0 Å². The summed E-state index contributed by atoms with van der Waals surface area (Å²) in [6, 6.07) is 5.05. The van der Waals surface area contributed by atoms with Gasteiger partial charge in [0.15, 0.2) is 0 Å². The molecule has 0 unspecified atom stereocenters. The van der Waals surface area contributed by atoms with Crippen LogP contribution in [0.2, 0.25) is 0 Å². The fourth-order valence-electron chi connectivity index (χ4n) is 2.86. The second-order valence-corrected chi connectivity index (χ2v) is 4.81. The van der Waals surface area contributed by atoms with Gasteiger partial charge in [-0.25, -0.2) is 0 Å². The van der Waals surface area contributed by atoms with Crippen molar-refractivity contribution >= 4 is 0 Å². The summed E-state index contributed by atoms with van der Waals surface area (Å²) in [4.78, 5) is 7.13. The highest BCUT2D eigenvalue weighted by Gasteiger charge is 2.24. The van der Waals surface area contributed by atoms with Crippen LogP contribution in [0.15, 0.2) is 18.3 Å². The summed E-state index contributed by atoms with van der Waals surface area (Å²) in [7, 11) is 0. The summed E-state index contributed by atoms with van der Waals surface area (Å²) in [5.74, 6) is 0. The molecule has 0 bridgehead atoms. The quantitative estimate of drug-likeness (QED) is 0.766. The van der Waals surface area contributed by atoms with Crippen molar-refractivity contribution in [3.05, 3.63) is 29.6 Å². The van der Waals surface area contributed by atoms with Crippen molar-refractivity contribution in [2.45, 2.75) is 31.8 Å². The lowest BCUT2D eigenvalue weighted by Gasteiger charge is -2.37. The zero-order valence-corrected chi connectivity index (χ0v) is 9.65. The van der Waals surface area contributed by atoms with Gasteiger partial charge in [-0.1, -0.05) is 6.07 Å². The van der Waals surface area contributed by atoms with Crippen molar-refractivity contribution in [1.82, 2.24) is 15.2 Å². The molecule has 3 rings (SSSR count). The lowest BCUT2D eigenvalue weighted by Crippen LogP contribution is -2.45. The lowest BCUT2D eigenvalue weighted by atomic mass is 9.99. The van der Waals surface area contributed by atoms with Crippen molar-refractivity contribution in [2.75, 3.05) is 19.6 Å². The summed E-state index contributed by atoms with van der Waals surface area (Å²) in [6.07, 6.45) is 5.68. The Morgan fingerprint density at radius 3 is 3.06 bits per heavy atom. The van der Waals surface area contributed by atoms with Gasteiger partial charge in [0, 0.05) is 25.3 Å². The van der Waals surface area contributed by atoms with Crippen LogP contribution in [0.1, 0.15) is 24.1 Å². The predicted molar refractivity (Wildman–Crippen MR) is 64.2 cm³/mol. The molecule has 0 aliphatic carbocycles. The normalized spacial score (nSPS) is 23.0. The number of hydrogen-bond donors (Lipinski definition) is 1. The molecule has 0 radical (unpaired) electrons. The van der Waals surface area contributed by atoms with Crippen molar-refractivity contribution in [3.8, 4) is 0 Å². The van der Waals surface area contributed by atoms with Crippen LogP contribution in [-0.4, -0.2) is 35.6 Å². The molecule has 1 aromatic rings. The van der Waals surface area contributed by atoms with E-state index in [0.29, 0.717) is 0 Å². The molecule has 86 valence electrons. The van der Waals surface area contributed by atoms with E-state index in [1.807, 2.05) is 6.20 Å². The third kappa shape index (κ3) is 1.97. The van der Waals surface area contributed by atoms with E-state index in [1.54, 1.807) is 0 Å². The molecule has 3 nitrogen and oxygen atoms in total. The molecule has 0 saturated carbocycles. The predicted octanol–water partition coefficient (Wildman–Crippen LogP) is 1.19. The molecule has 0 aromatic carbocycles. The number of nitrogens with zero attached hydrogens (tertiary/aromatic N) is 2. The molecule has 2 aliphatic rings. The zero-order chi connectivity index (χ0) is 10.8. The Kier molecular flexibility index (Phi) is 2.89. The van der Waals surface area contributed by atoms with Crippen LogP contribution in [-0.2, 0) is 13.0 Å². The largest absolute Gasteiger partial charge is 0.317 e. The number of pyridine rings is 1. The molecule has 0 spiro atoms. The topological polar surface area (TPSA) is 28.2 Å². The lowest BCUT2D eigenvalue weighted by molar-refractivity contribution is 0.145. The smallest absolute Gasteiger partial charge is 0.0576 e. The number of hydrogen-bond acceptors (Lipinski definition) is 3. The molecule has 1 fully saturated rings. The molecular weight excluding hydrogens is 198 g/mol. The van der Waals surface area contributed by atoms with Crippen molar-refractivity contribution in [3.63, 3.8) is 0 Å². The maximum Gasteiger partial charge on any atom is 0.0576 e. The second kappa shape index (κ2) is 4.52. The van der Waals surface area contributed by atoms with E-state index in [0.717, 1.165) is 12.6 Å². The van der Waals surface area contributed by atoms with Crippen molar-refractivity contribution in [1.29, 1.82) is 0 Å². The summed E-state index contributed by atoms with van der Waals surface area (Å²) in [5.41, 5.74) is 2.75. The average molecular weight is 217 g/mol. The third-order valence-corrected chi connectivity index (χ3v) is 3.83. The molecule has 1 aromatic heterocycles. The molecule has 2 aliphatic heterocycles. The van der Waals surface area contributed by atoms with Crippen LogP contribution in [0, 0.1) is 0 Å². The highest BCUT2D eigenvalue weighted by Crippen LogP contribution is 2.21. The number of fused-ring (bicyclic) bond motifs is 1. The van der Waals surface area contributed by atoms with E-state index >= 15 is 0 Å². The summed E-state index contributed by atoms with van der Waals surface area (Å²) < 4.78 is 0. The minimum Gasteiger partial charge on any atom is -0.317 e. The Labute approximate surface area is 96.9 Å². The van der Waals surface area contributed by atoms with Gasteiger partial charge in [0.2, 0.25) is 0 Å². The maximum atomic E-state index is 4.51. The first-order valence-electron chi connectivity index (χ1n) is 6.31. The van der Waals surface area contributed by atoms with Crippen molar-refractivity contribution in [2.24, 2.45) is 0 Å². The molecule has 0 atom stereocenters. The molecular formula is C13H19N3. The molecule has 1 saturated heterocycles. The number of aromatic nitrogens is 1. The SMILES string of the molecule is c1cnc2c(c1)CCN(C1CCNCC1)C2. The van der Waals surface area contributed by atoms with Gasteiger partial charge in [0.25, 0.3) is 0 Å². The monoisotopic (exact) mass is 217 g/mol. The standard InChI is InChI=1S/C13H19N3/c1-2-11-5-9-16(10-13(11)15-6-1)12-3-7-14-8-4-12/h1-2,6,12,14H,3-5,7-10H2. The Morgan fingerprint density at radius 2 is 2.19 bits per heavy atom. The van der Waals surface area contributed by atoms with E-state index < -0.39 is 0 Å². The summed E-state index contributed by atoms with van der Waals surface area (Å²) in [5, 5.41) is 3.43. The molecule has 3 heteroatoms. The third-order valence-electron chi connectivity index (χ3n) is 3.83. The van der Waals surface area contributed by atoms with Crippen LogP contribution < -0.4 is 5.32 Å². The van der Waals surface area contributed by atoms with Crippen LogP contribution in [0.25, 0.3) is 0 Å². The Bertz CT molecular complexity index is 358. The van der Waals surface area contributed by atoms with Gasteiger partial charge in [-0.2, -0.15) is 0 Å². The minimum atomic E-state index is 0.774. The molecule has 0 amide bonds. The molecule has 16 heavy (non-hydrogen) atoms. The van der Waals surface area contributed by atoms with Gasteiger partial charge in [0.05, 0.1) is 5.69 Å². The first-order chi connectivity index (χ1) is 7.93. The Balaban J connectivity index is 1.72. The van der Waals surface area contributed by atoms with Gasteiger partial charge in [0.1, 0.15) is 0 Å². The number of piperidine rings is 1. The first-order valence-corrected chi connectivity index (χ1v) is 6.31. The Hall–Kier alpha value is -0.930. The van der Waals surface area contributed by atoms with E-state index in [2.05, 4.69) is 27.3 Å². The molecule has 1 N–H and O–H groups in total. The van der Waals surface area contributed by atoms with Gasteiger partial charge in [-0.05, 0) is 44.0 Å². The summed E-state index contributed by atoms with van der Waals surface area (Å²) in [6.45, 7) is 4.62. The summed E-state index contributed by atoms with van der Waals surface area (Å²) >= 11 is 0. The van der Waals surface area contributed by atoms with Crippen molar-refractivity contribution < 1.29 is 0 Å². The highest BCUT2D eigenvalue weighted by molar-refractivity contribution is 5.22. The van der Waals surface area contributed by atoms with Crippen LogP contribution in [0.4, 0.5) is 0 Å². The van der Waals surface area contributed by atoms with Gasteiger partial charge < -0.3 is 5.32 Å². The minimum absolute atomic E-state index is 0.774. The fraction of sp³-hybridized carbons (Fsp3) is 0.615. The second-order valence-electron chi connectivity index (χ2n) is 4.81. The molecule has 3 heterocycles. The van der Waals surface area contributed by atoms with Crippen LogP contribution in [0.5, 0.6) is 0 Å². The fourth-order valence-corrected chi connectivity index (χ4v) is 2.86.